The minimum Gasteiger partial charge on any atom is -0.465 e. The normalized spacial score (nSPS) is 30.6. The largest absolute Gasteiger partial charge is 0.465 e. The van der Waals surface area contributed by atoms with E-state index in [0.717, 1.165) is 49.9 Å². The van der Waals surface area contributed by atoms with Crippen molar-refractivity contribution >= 4 is 0 Å². The number of fused-ring (bicyclic) bond motifs is 1. The number of nitrogens with zero attached hydrogens (tertiary/aromatic N) is 3. The third-order valence-electron chi connectivity index (χ3n) is 5.47. The van der Waals surface area contributed by atoms with Crippen molar-refractivity contribution in [1.29, 1.82) is 0 Å². The molecule has 0 N–H and O–H groups in total. The molecule has 4 heterocycles. The monoisotopic (exact) mass is 329 g/mol. The molecular weight excluding hydrogens is 306 g/mol. The quantitative estimate of drug-likeness (QED) is 0.858. The van der Waals surface area contributed by atoms with E-state index < -0.39 is 0 Å². The predicted octanol–water partition coefficient (Wildman–Crippen LogP) is 3.20. The highest BCUT2D eigenvalue weighted by molar-refractivity contribution is 5.06. The molecule has 0 bridgehead atoms. The van der Waals surface area contributed by atoms with Crippen molar-refractivity contribution in [3.05, 3.63) is 35.4 Å². The van der Waals surface area contributed by atoms with Crippen molar-refractivity contribution in [1.82, 2.24) is 15.1 Å². The van der Waals surface area contributed by atoms with E-state index in [0.29, 0.717) is 17.7 Å². The van der Waals surface area contributed by atoms with Crippen molar-refractivity contribution in [3.8, 4) is 0 Å². The highest BCUT2D eigenvalue weighted by Crippen LogP contribution is 2.43. The Morgan fingerprint density at radius 1 is 1.12 bits per heavy atom. The van der Waals surface area contributed by atoms with Gasteiger partial charge in [-0.3, -0.25) is 4.90 Å². The Labute approximate surface area is 141 Å². The maximum Gasteiger partial charge on any atom is 0.245 e. The third-order valence-corrected chi connectivity index (χ3v) is 5.47. The number of rotatable bonds is 4. The first kappa shape index (κ1) is 14.7. The van der Waals surface area contributed by atoms with Crippen molar-refractivity contribution in [3.63, 3.8) is 0 Å². The number of aromatic nitrogens is 2. The number of piperidine rings is 1. The molecule has 1 aliphatic carbocycles. The van der Waals surface area contributed by atoms with Crippen molar-refractivity contribution in [2.45, 2.75) is 57.3 Å². The maximum atomic E-state index is 6.27. The van der Waals surface area contributed by atoms with Gasteiger partial charge in [0.1, 0.15) is 17.6 Å². The van der Waals surface area contributed by atoms with Crippen LogP contribution in [0.25, 0.3) is 0 Å². The van der Waals surface area contributed by atoms with Gasteiger partial charge in [-0.2, -0.15) is 0 Å². The summed E-state index contributed by atoms with van der Waals surface area (Å²) in [5.74, 6) is 4.59. The van der Waals surface area contributed by atoms with Gasteiger partial charge in [-0.05, 0) is 57.2 Å². The Balaban J connectivity index is 1.22. The van der Waals surface area contributed by atoms with E-state index in [9.17, 15) is 0 Å². The van der Waals surface area contributed by atoms with Crippen LogP contribution >= 0.6 is 0 Å². The van der Waals surface area contributed by atoms with Gasteiger partial charge in [0, 0.05) is 12.5 Å². The van der Waals surface area contributed by atoms with E-state index in [1.165, 1.54) is 12.8 Å². The van der Waals surface area contributed by atoms with Gasteiger partial charge in [0.2, 0.25) is 11.8 Å². The zero-order chi connectivity index (χ0) is 16.1. The van der Waals surface area contributed by atoms with E-state index in [1.807, 2.05) is 13.0 Å². The van der Waals surface area contributed by atoms with E-state index in [4.69, 9.17) is 13.6 Å². The van der Waals surface area contributed by atoms with Gasteiger partial charge in [0.15, 0.2) is 0 Å². The molecule has 2 aliphatic heterocycles. The second-order valence-electron chi connectivity index (χ2n) is 7.45. The average molecular weight is 329 g/mol. The van der Waals surface area contributed by atoms with Crippen molar-refractivity contribution in [2.24, 2.45) is 5.92 Å². The summed E-state index contributed by atoms with van der Waals surface area (Å²) in [4.78, 5) is 2.42. The van der Waals surface area contributed by atoms with Crippen LogP contribution in [0.5, 0.6) is 0 Å². The van der Waals surface area contributed by atoms with Gasteiger partial charge in [0.25, 0.3) is 0 Å². The molecule has 0 spiro atoms. The number of hydrogen-bond donors (Lipinski definition) is 0. The molecule has 6 heteroatoms. The highest BCUT2D eigenvalue weighted by atomic mass is 16.5. The van der Waals surface area contributed by atoms with Crippen LogP contribution in [0.3, 0.4) is 0 Å². The lowest BCUT2D eigenvalue weighted by Gasteiger charge is -2.33. The molecule has 128 valence electrons. The van der Waals surface area contributed by atoms with Crippen LogP contribution in [0.4, 0.5) is 0 Å². The molecule has 3 atom stereocenters. The predicted molar refractivity (Wildman–Crippen MR) is 85.3 cm³/mol. The Hall–Kier alpha value is -1.66. The molecule has 2 aromatic heterocycles. The molecule has 0 radical (unpaired) electrons. The smallest absolute Gasteiger partial charge is 0.245 e. The molecule has 5 rings (SSSR count). The summed E-state index contributed by atoms with van der Waals surface area (Å²) < 4.78 is 17.8. The van der Waals surface area contributed by atoms with Gasteiger partial charge in [-0.25, -0.2) is 0 Å². The Kier molecular flexibility index (Phi) is 3.49. The molecule has 6 nitrogen and oxygen atoms in total. The van der Waals surface area contributed by atoms with E-state index in [-0.39, 0.29) is 12.2 Å². The summed E-state index contributed by atoms with van der Waals surface area (Å²) >= 11 is 0. The first-order valence-electron chi connectivity index (χ1n) is 9.01. The summed E-state index contributed by atoms with van der Waals surface area (Å²) in [5.41, 5.74) is 0. The zero-order valence-corrected chi connectivity index (χ0v) is 14.0. The van der Waals surface area contributed by atoms with Crippen molar-refractivity contribution in [2.75, 3.05) is 13.1 Å². The Morgan fingerprint density at radius 3 is 2.79 bits per heavy atom. The average Bonchev–Trinajstić information content (AvgIpc) is 2.98. The topological polar surface area (TPSA) is 64.5 Å². The van der Waals surface area contributed by atoms with Gasteiger partial charge in [-0.1, -0.05) is 0 Å². The first-order chi connectivity index (χ1) is 11.7. The van der Waals surface area contributed by atoms with Gasteiger partial charge in [0.05, 0.1) is 12.6 Å². The van der Waals surface area contributed by atoms with Crippen LogP contribution in [-0.4, -0.2) is 34.3 Å². The minimum absolute atomic E-state index is 0.0224. The van der Waals surface area contributed by atoms with Crippen LogP contribution in [0, 0.1) is 12.8 Å². The van der Waals surface area contributed by atoms with E-state index >= 15 is 0 Å². The molecule has 3 aliphatic rings. The number of furan rings is 1. The van der Waals surface area contributed by atoms with Crippen LogP contribution in [0.15, 0.2) is 21.0 Å². The highest BCUT2D eigenvalue weighted by Gasteiger charge is 2.42. The Morgan fingerprint density at radius 2 is 2.00 bits per heavy atom. The van der Waals surface area contributed by atoms with Crippen LogP contribution in [-0.2, 0) is 11.3 Å². The lowest BCUT2D eigenvalue weighted by molar-refractivity contribution is -0.0189. The molecule has 1 saturated carbocycles. The minimum atomic E-state index is -0.0224. The molecule has 3 fully saturated rings. The van der Waals surface area contributed by atoms with Gasteiger partial charge >= 0.3 is 0 Å². The first-order valence-corrected chi connectivity index (χ1v) is 9.01. The van der Waals surface area contributed by atoms with Crippen LogP contribution in [0.1, 0.15) is 61.0 Å². The fraction of sp³-hybridized carbons (Fsp3) is 0.667. The van der Waals surface area contributed by atoms with Crippen molar-refractivity contribution < 1.29 is 13.6 Å². The fourth-order valence-corrected chi connectivity index (χ4v) is 3.96. The van der Waals surface area contributed by atoms with Crippen LogP contribution in [0.2, 0.25) is 0 Å². The van der Waals surface area contributed by atoms with E-state index in [1.54, 1.807) is 0 Å². The SMILES string of the molecule is Cc1ccc(CN2CC[C@@H]3C[C@@H](c4nnc(C5CC5)o4)O[C@H]3C2)o1. The number of ether oxygens (including phenoxy) is 1. The number of hydrogen-bond acceptors (Lipinski definition) is 6. The summed E-state index contributed by atoms with van der Waals surface area (Å²) in [7, 11) is 0. The molecule has 0 unspecified atom stereocenters. The standard InChI is InChI=1S/C18H23N3O3/c1-11-2-5-14(22-11)9-21-7-6-13-8-15(23-16(13)10-21)18-20-19-17(24-18)12-3-4-12/h2,5,12-13,15-16H,3-4,6-10H2,1H3/t13-,15+,16+/m1/s1. The molecule has 2 saturated heterocycles. The van der Waals surface area contributed by atoms with Crippen LogP contribution < -0.4 is 0 Å². The number of aryl methyl sites for hydroxylation is 1. The Bertz CT molecular complexity index is 721. The second-order valence-corrected chi connectivity index (χ2v) is 7.45. The number of likely N-dealkylation sites (tertiary alicyclic amines) is 1. The summed E-state index contributed by atoms with van der Waals surface area (Å²) in [6.45, 7) is 4.89. The van der Waals surface area contributed by atoms with Gasteiger partial charge in [-0.15, -0.1) is 10.2 Å². The zero-order valence-electron chi connectivity index (χ0n) is 14.0. The third kappa shape index (κ3) is 2.78. The summed E-state index contributed by atoms with van der Waals surface area (Å²) in [6, 6.07) is 4.09. The van der Waals surface area contributed by atoms with E-state index in [2.05, 4.69) is 21.2 Å². The summed E-state index contributed by atoms with van der Waals surface area (Å²) in [5, 5.41) is 8.43. The molecule has 2 aromatic rings. The molecule has 0 amide bonds. The van der Waals surface area contributed by atoms with Gasteiger partial charge < -0.3 is 13.6 Å². The summed E-state index contributed by atoms with van der Waals surface area (Å²) in [6.07, 6.45) is 4.76. The molecule has 0 aromatic carbocycles. The maximum absolute atomic E-state index is 6.27. The lowest BCUT2D eigenvalue weighted by atomic mass is 9.92. The molecular formula is C18H23N3O3. The fourth-order valence-electron chi connectivity index (χ4n) is 3.96. The molecule has 24 heavy (non-hydrogen) atoms. The second kappa shape index (κ2) is 5.70. The lowest BCUT2D eigenvalue weighted by Crippen LogP contribution is -2.41.